The van der Waals surface area contributed by atoms with Gasteiger partial charge in [-0.1, -0.05) is 41.4 Å². The fourth-order valence-corrected chi connectivity index (χ4v) is 3.23. The third-order valence-electron chi connectivity index (χ3n) is 4.24. The highest BCUT2D eigenvalue weighted by Gasteiger charge is 2.13. The number of amides is 2. The summed E-state index contributed by atoms with van der Waals surface area (Å²) in [5, 5.41) is 6.41. The molecular weight excluding hydrogens is 413 g/mol. The van der Waals surface area contributed by atoms with Crippen molar-refractivity contribution in [2.24, 2.45) is 0 Å². The van der Waals surface area contributed by atoms with Gasteiger partial charge in [0.15, 0.2) is 11.7 Å². The molecule has 0 aliphatic carbocycles. The van der Waals surface area contributed by atoms with Gasteiger partial charge >= 0.3 is 0 Å². The van der Waals surface area contributed by atoms with Gasteiger partial charge in [-0.25, -0.2) is 4.98 Å². The van der Waals surface area contributed by atoms with Crippen molar-refractivity contribution in [2.75, 3.05) is 12.4 Å². The maximum atomic E-state index is 12.3. The van der Waals surface area contributed by atoms with Gasteiger partial charge in [0, 0.05) is 36.2 Å². The van der Waals surface area contributed by atoms with E-state index < -0.39 is 0 Å². The number of aryl methyl sites for hydroxylation is 1. The normalized spacial score (nSPS) is 10.6. The summed E-state index contributed by atoms with van der Waals surface area (Å²) in [5.41, 5.74) is 2.04. The Bertz CT molecular complexity index is 1030. The lowest BCUT2D eigenvalue weighted by Crippen LogP contribution is -2.21. The lowest BCUT2D eigenvalue weighted by atomic mass is 10.1. The Morgan fingerprint density at radius 3 is 2.66 bits per heavy atom. The molecule has 2 N–H and O–H groups in total. The van der Waals surface area contributed by atoms with Crippen LogP contribution in [0.4, 0.5) is 5.69 Å². The second-order valence-corrected chi connectivity index (χ2v) is 7.14. The molecule has 1 aromatic heterocycles. The number of hydrogen-bond donors (Lipinski definition) is 2. The minimum absolute atomic E-state index is 0.125. The van der Waals surface area contributed by atoms with Gasteiger partial charge in [0.05, 0.1) is 17.6 Å². The average Bonchev–Trinajstić information content (AvgIpc) is 3.16. The van der Waals surface area contributed by atoms with Crippen LogP contribution in [0.3, 0.4) is 0 Å². The van der Waals surface area contributed by atoms with Crippen LogP contribution in [0, 0.1) is 0 Å². The number of carbonyl (C=O) groups excluding carboxylic acids is 2. The van der Waals surface area contributed by atoms with E-state index in [2.05, 4.69) is 15.6 Å². The number of hydrogen-bond acceptors (Lipinski definition) is 4. The van der Waals surface area contributed by atoms with E-state index in [0.717, 1.165) is 5.56 Å². The van der Waals surface area contributed by atoms with Crippen LogP contribution in [0.2, 0.25) is 10.0 Å². The second kappa shape index (κ2) is 9.58. The molecule has 150 valence electrons. The van der Waals surface area contributed by atoms with Gasteiger partial charge in [-0.05, 0) is 29.8 Å². The van der Waals surface area contributed by atoms with Crippen molar-refractivity contribution in [3.63, 3.8) is 0 Å². The van der Waals surface area contributed by atoms with Crippen molar-refractivity contribution in [3.05, 3.63) is 70.2 Å². The Kier molecular flexibility index (Phi) is 6.90. The number of nitrogens with zero attached hydrogens (tertiary/aromatic N) is 1. The van der Waals surface area contributed by atoms with Crippen LogP contribution in [0.25, 0.3) is 11.3 Å². The fourth-order valence-electron chi connectivity index (χ4n) is 2.73. The zero-order valence-electron chi connectivity index (χ0n) is 15.7. The predicted molar refractivity (Wildman–Crippen MR) is 113 cm³/mol. The highest BCUT2D eigenvalue weighted by molar-refractivity contribution is 6.36. The third kappa shape index (κ3) is 5.59. The number of rotatable bonds is 7. The number of likely N-dealkylation sites (N-methyl/N-ethyl adjacent to an activating group) is 1. The maximum absolute atomic E-state index is 12.3. The molecule has 3 rings (SSSR count). The van der Waals surface area contributed by atoms with Crippen LogP contribution in [0.15, 0.2) is 53.1 Å². The van der Waals surface area contributed by atoms with Gasteiger partial charge in [-0.15, -0.1) is 0 Å². The number of para-hydroxylation sites is 1. The minimum Gasteiger partial charge on any atom is -0.441 e. The third-order valence-corrected chi connectivity index (χ3v) is 4.79. The molecule has 0 unspecified atom stereocenters. The molecule has 0 saturated heterocycles. The lowest BCUT2D eigenvalue weighted by molar-refractivity contribution is -0.120. The van der Waals surface area contributed by atoms with Gasteiger partial charge in [0.1, 0.15) is 0 Å². The zero-order valence-corrected chi connectivity index (χ0v) is 17.2. The number of aromatic nitrogens is 1. The van der Waals surface area contributed by atoms with Crippen molar-refractivity contribution < 1.29 is 14.0 Å². The summed E-state index contributed by atoms with van der Waals surface area (Å²) in [6, 6.07) is 12.3. The molecule has 0 fully saturated rings. The summed E-state index contributed by atoms with van der Waals surface area (Å²) in [4.78, 5) is 28.2. The van der Waals surface area contributed by atoms with Gasteiger partial charge in [-0.2, -0.15) is 0 Å². The first-order valence-electron chi connectivity index (χ1n) is 8.94. The summed E-state index contributed by atoms with van der Waals surface area (Å²) in [6.07, 6.45) is 2.27. The molecule has 1 heterocycles. The van der Waals surface area contributed by atoms with Gasteiger partial charge in [0.25, 0.3) is 0 Å². The fraction of sp³-hybridized carbons (Fsp3) is 0.190. The van der Waals surface area contributed by atoms with Crippen molar-refractivity contribution >= 4 is 40.7 Å². The van der Waals surface area contributed by atoms with Crippen molar-refractivity contribution in [1.82, 2.24) is 10.3 Å². The molecule has 2 amide bonds. The molecule has 0 aliphatic rings. The van der Waals surface area contributed by atoms with Gasteiger partial charge < -0.3 is 15.1 Å². The van der Waals surface area contributed by atoms with Crippen molar-refractivity contribution in [2.45, 2.75) is 19.3 Å². The monoisotopic (exact) mass is 431 g/mol. The maximum Gasteiger partial charge on any atom is 0.224 e. The molecule has 0 radical (unpaired) electrons. The van der Waals surface area contributed by atoms with E-state index in [1.165, 1.54) is 0 Å². The molecule has 3 aromatic rings. The van der Waals surface area contributed by atoms with E-state index in [9.17, 15) is 9.59 Å². The van der Waals surface area contributed by atoms with E-state index in [-0.39, 0.29) is 24.7 Å². The van der Waals surface area contributed by atoms with Crippen LogP contribution in [0.1, 0.15) is 17.9 Å². The summed E-state index contributed by atoms with van der Waals surface area (Å²) in [6.45, 7) is 0. The van der Waals surface area contributed by atoms with Crippen LogP contribution in [-0.2, 0) is 22.4 Å². The van der Waals surface area contributed by atoms with Crippen molar-refractivity contribution in [1.29, 1.82) is 0 Å². The van der Waals surface area contributed by atoms with Crippen molar-refractivity contribution in [3.8, 4) is 11.3 Å². The molecule has 0 bridgehead atoms. The van der Waals surface area contributed by atoms with Crippen LogP contribution in [0.5, 0.6) is 0 Å². The Labute approximate surface area is 178 Å². The van der Waals surface area contributed by atoms with Crippen LogP contribution < -0.4 is 10.6 Å². The quantitative estimate of drug-likeness (QED) is 0.576. The predicted octanol–water partition coefficient (Wildman–Crippen LogP) is 4.51. The second-order valence-electron chi connectivity index (χ2n) is 6.30. The molecule has 29 heavy (non-hydrogen) atoms. The molecule has 2 aromatic carbocycles. The van der Waals surface area contributed by atoms with Crippen LogP contribution in [-0.4, -0.2) is 23.8 Å². The number of nitrogens with one attached hydrogen (secondary N) is 2. The van der Waals surface area contributed by atoms with Gasteiger partial charge in [0.2, 0.25) is 11.8 Å². The number of carbonyl (C=O) groups is 2. The first kappa shape index (κ1) is 20.9. The highest BCUT2D eigenvalue weighted by Crippen LogP contribution is 2.30. The summed E-state index contributed by atoms with van der Waals surface area (Å²) >= 11 is 12.1. The molecule has 0 saturated carbocycles. The minimum atomic E-state index is -0.196. The van der Waals surface area contributed by atoms with E-state index in [1.807, 2.05) is 6.07 Å². The molecule has 8 heteroatoms. The summed E-state index contributed by atoms with van der Waals surface area (Å²) < 4.78 is 5.71. The van der Waals surface area contributed by atoms with E-state index in [1.54, 1.807) is 49.6 Å². The SMILES string of the molecule is CNC(=O)Cc1ccccc1NC(=O)CCc1ncc(-c2ccc(Cl)cc2Cl)o1. The number of benzene rings is 2. The Balaban J connectivity index is 1.61. The molecule has 0 aliphatic heterocycles. The molecule has 0 atom stereocenters. The Hall–Kier alpha value is -2.83. The average molecular weight is 432 g/mol. The standard InChI is InChI=1S/C21H19Cl2N3O3/c1-24-20(28)10-13-4-2-3-5-17(13)26-19(27)8-9-21-25-12-18(29-21)15-7-6-14(22)11-16(15)23/h2-7,11-12H,8-10H2,1H3,(H,24,28)(H,26,27). The zero-order chi connectivity index (χ0) is 20.8. The van der Waals surface area contributed by atoms with E-state index in [4.69, 9.17) is 27.6 Å². The lowest BCUT2D eigenvalue weighted by Gasteiger charge is -2.10. The number of halogens is 2. The smallest absolute Gasteiger partial charge is 0.224 e. The Morgan fingerprint density at radius 1 is 1.10 bits per heavy atom. The van der Waals surface area contributed by atoms with E-state index in [0.29, 0.717) is 39.4 Å². The van der Waals surface area contributed by atoms with E-state index >= 15 is 0 Å². The first-order valence-corrected chi connectivity index (χ1v) is 9.70. The Morgan fingerprint density at radius 2 is 1.90 bits per heavy atom. The molecule has 0 spiro atoms. The number of anilines is 1. The topological polar surface area (TPSA) is 84.2 Å². The summed E-state index contributed by atoms with van der Waals surface area (Å²) in [7, 11) is 1.57. The highest BCUT2D eigenvalue weighted by atomic mass is 35.5. The molecule has 6 nitrogen and oxygen atoms in total. The first-order chi connectivity index (χ1) is 14.0. The van der Waals surface area contributed by atoms with Gasteiger partial charge in [-0.3, -0.25) is 9.59 Å². The largest absolute Gasteiger partial charge is 0.441 e. The number of oxazole rings is 1. The summed E-state index contributed by atoms with van der Waals surface area (Å²) in [5.74, 6) is 0.622. The molecular formula is C21H19Cl2N3O3. The van der Waals surface area contributed by atoms with Crippen LogP contribution >= 0.6 is 23.2 Å².